The molecule has 2 aromatic rings. The molecule has 0 fully saturated rings. The van der Waals surface area contributed by atoms with Crippen LogP contribution in [0.5, 0.6) is 0 Å². The van der Waals surface area contributed by atoms with Gasteiger partial charge in [-0.05, 0) is 17.7 Å². The van der Waals surface area contributed by atoms with Crippen molar-refractivity contribution in [3.8, 4) is 0 Å². The van der Waals surface area contributed by atoms with Gasteiger partial charge in [-0.25, -0.2) is 22.5 Å². The van der Waals surface area contributed by atoms with E-state index in [1.165, 1.54) is 17.1 Å². The summed E-state index contributed by atoms with van der Waals surface area (Å²) in [4.78, 5) is 3.38. The van der Waals surface area contributed by atoms with Gasteiger partial charge in [0.05, 0.1) is 13.2 Å². The van der Waals surface area contributed by atoms with Crippen LogP contribution in [0.25, 0.3) is 0 Å². The molecule has 20 heavy (non-hydrogen) atoms. The van der Waals surface area contributed by atoms with Crippen LogP contribution in [0.4, 0.5) is 4.39 Å². The fourth-order valence-corrected chi connectivity index (χ4v) is 2.60. The van der Waals surface area contributed by atoms with Crippen LogP contribution in [-0.2, 0) is 30.2 Å². The first-order chi connectivity index (χ1) is 9.42. The smallest absolute Gasteiger partial charge is 0.243 e. The molecule has 7 nitrogen and oxygen atoms in total. The van der Waals surface area contributed by atoms with Gasteiger partial charge in [-0.3, -0.25) is 4.68 Å². The Balaban J connectivity index is 2.18. The highest BCUT2D eigenvalue weighted by Crippen LogP contribution is 2.16. The van der Waals surface area contributed by atoms with Gasteiger partial charge in [0, 0.05) is 7.05 Å². The molecule has 0 amide bonds. The van der Waals surface area contributed by atoms with Crippen molar-refractivity contribution in [3.05, 3.63) is 41.7 Å². The second kappa shape index (κ2) is 5.65. The number of rotatable bonds is 5. The van der Waals surface area contributed by atoms with E-state index in [-0.39, 0.29) is 19.0 Å². The summed E-state index contributed by atoms with van der Waals surface area (Å²) in [5.74, 6) is -0.638. The maximum absolute atomic E-state index is 13.7. The van der Waals surface area contributed by atoms with E-state index in [1.807, 2.05) is 0 Å². The van der Waals surface area contributed by atoms with E-state index in [9.17, 15) is 12.8 Å². The fraction of sp³-hybridized carbons (Fsp3) is 0.273. The molecule has 1 aromatic heterocycles. The van der Waals surface area contributed by atoms with Crippen molar-refractivity contribution < 1.29 is 17.9 Å². The van der Waals surface area contributed by atoms with Crippen molar-refractivity contribution in [3.63, 3.8) is 0 Å². The maximum Gasteiger partial charge on any atom is 0.243 e. The molecule has 0 bridgehead atoms. The number of hydrogen-bond donors (Lipinski definition) is 2. The summed E-state index contributed by atoms with van der Waals surface area (Å²) >= 11 is 0. The number of aryl methyl sites for hydroxylation is 1. The van der Waals surface area contributed by atoms with Crippen LogP contribution < -0.4 is 4.72 Å². The summed E-state index contributed by atoms with van der Waals surface area (Å²) in [5, 5.41) is 12.8. The summed E-state index contributed by atoms with van der Waals surface area (Å²) in [6, 6.07) is 3.43. The quantitative estimate of drug-likeness (QED) is 0.805. The first-order valence-electron chi connectivity index (χ1n) is 5.66. The zero-order valence-electron chi connectivity index (χ0n) is 10.6. The highest BCUT2D eigenvalue weighted by molar-refractivity contribution is 7.89. The van der Waals surface area contributed by atoms with Gasteiger partial charge in [-0.2, -0.15) is 5.10 Å². The van der Waals surface area contributed by atoms with E-state index < -0.39 is 20.7 Å². The predicted octanol–water partition coefficient (Wildman–Crippen LogP) is -0.0750. The number of aromatic nitrogens is 3. The molecule has 1 heterocycles. The Morgan fingerprint density at radius 2 is 2.20 bits per heavy atom. The van der Waals surface area contributed by atoms with Gasteiger partial charge >= 0.3 is 0 Å². The van der Waals surface area contributed by atoms with Crippen molar-refractivity contribution in [1.29, 1.82) is 0 Å². The lowest BCUT2D eigenvalue weighted by Gasteiger charge is -2.07. The average molecular weight is 300 g/mol. The van der Waals surface area contributed by atoms with Crippen LogP contribution >= 0.6 is 0 Å². The van der Waals surface area contributed by atoms with Crippen molar-refractivity contribution in [2.75, 3.05) is 0 Å². The van der Waals surface area contributed by atoms with Gasteiger partial charge in [0.1, 0.15) is 17.0 Å². The van der Waals surface area contributed by atoms with Crippen LogP contribution in [0.15, 0.2) is 29.4 Å². The molecule has 0 radical (unpaired) electrons. The molecule has 0 unspecified atom stereocenters. The maximum atomic E-state index is 13.7. The summed E-state index contributed by atoms with van der Waals surface area (Å²) in [6.07, 6.45) is 1.43. The first-order valence-corrected chi connectivity index (χ1v) is 7.14. The molecule has 2 rings (SSSR count). The van der Waals surface area contributed by atoms with E-state index in [0.717, 1.165) is 12.1 Å². The van der Waals surface area contributed by atoms with Crippen molar-refractivity contribution in [1.82, 2.24) is 19.5 Å². The Kier molecular flexibility index (Phi) is 4.12. The molecule has 0 spiro atoms. The van der Waals surface area contributed by atoms with Crippen LogP contribution in [0.1, 0.15) is 11.4 Å². The molecule has 0 saturated heterocycles. The Bertz CT molecular complexity index is 714. The third-order valence-corrected chi connectivity index (χ3v) is 3.97. The summed E-state index contributed by atoms with van der Waals surface area (Å²) < 4.78 is 41.3. The summed E-state index contributed by atoms with van der Waals surface area (Å²) in [5.41, 5.74) is 0.299. The lowest BCUT2D eigenvalue weighted by molar-refractivity contribution is 0.281. The van der Waals surface area contributed by atoms with E-state index in [2.05, 4.69) is 14.8 Å². The Labute approximate surface area is 115 Å². The van der Waals surface area contributed by atoms with E-state index >= 15 is 0 Å². The molecule has 1 aromatic carbocycles. The molecule has 0 atom stereocenters. The van der Waals surface area contributed by atoms with Gasteiger partial charge in [0.25, 0.3) is 0 Å². The number of aliphatic hydroxyl groups is 1. The van der Waals surface area contributed by atoms with Gasteiger partial charge in [0.2, 0.25) is 10.0 Å². The third-order valence-electron chi connectivity index (χ3n) is 2.54. The lowest BCUT2D eigenvalue weighted by atomic mass is 10.2. The number of halogens is 1. The molecule has 0 saturated carbocycles. The van der Waals surface area contributed by atoms with Crippen LogP contribution in [0.3, 0.4) is 0 Å². The standard InChI is InChI=1S/C11H13FN4O3S/c1-16-7-13-11(15-16)5-14-20(18,19)10-3-2-8(6-17)4-9(10)12/h2-4,7,14,17H,5-6H2,1H3. The van der Waals surface area contributed by atoms with E-state index in [0.29, 0.717) is 5.56 Å². The normalized spacial score (nSPS) is 11.8. The zero-order valence-corrected chi connectivity index (χ0v) is 11.4. The molecule has 0 aliphatic carbocycles. The Morgan fingerprint density at radius 1 is 1.45 bits per heavy atom. The second-order valence-corrected chi connectivity index (χ2v) is 5.82. The van der Waals surface area contributed by atoms with Crippen LogP contribution in [0.2, 0.25) is 0 Å². The molecular formula is C11H13FN4O3S. The van der Waals surface area contributed by atoms with Crippen LogP contribution in [-0.4, -0.2) is 28.3 Å². The number of aliphatic hydroxyl groups excluding tert-OH is 1. The van der Waals surface area contributed by atoms with Gasteiger partial charge < -0.3 is 5.11 Å². The molecule has 9 heteroatoms. The minimum absolute atomic E-state index is 0.135. The van der Waals surface area contributed by atoms with Gasteiger partial charge in [-0.1, -0.05) is 6.07 Å². The molecule has 0 aliphatic heterocycles. The molecule has 0 aliphatic rings. The summed E-state index contributed by atoms with van der Waals surface area (Å²) in [7, 11) is -2.35. The van der Waals surface area contributed by atoms with Crippen molar-refractivity contribution >= 4 is 10.0 Å². The minimum atomic E-state index is -4.00. The van der Waals surface area contributed by atoms with Gasteiger partial charge in [0.15, 0.2) is 5.82 Å². The molecule has 2 N–H and O–H groups in total. The number of nitrogens with zero attached hydrogens (tertiary/aromatic N) is 3. The highest BCUT2D eigenvalue weighted by Gasteiger charge is 2.19. The fourth-order valence-electron chi connectivity index (χ4n) is 1.56. The summed E-state index contributed by atoms with van der Waals surface area (Å²) in [6.45, 7) is -0.493. The minimum Gasteiger partial charge on any atom is -0.392 e. The molecular weight excluding hydrogens is 287 g/mol. The first kappa shape index (κ1) is 14.6. The average Bonchev–Trinajstić information content (AvgIpc) is 2.82. The second-order valence-electron chi connectivity index (χ2n) is 4.08. The predicted molar refractivity (Wildman–Crippen MR) is 67.4 cm³/mol. The van der Waals surface area contributed by atoms with Crippen molar-refractivity contribution in [2.45, 2.75) is 18.0 Å². The third kappa shape index (κ3) is 3.18. The van der Waals surface area contributed by atoms with Gasteiger partial charge in [-0.15, -0.1) is 0 Å². The van der Waals surface area contributed by atoms with Crippen LogP contribution in [0, 0.1) is 5.82 Å². The zero-order chi connectivity index (χ0) is 14.8. The number of nitrogens with one attached hydrogen (secondary N) is 1. The largest absolute Gasteiger partial charge is 0.392 e. The number of sulfonamides is 1. The Morgan fingerprint density at radius 3 is 2.75 bits per heavy atom. The monoisotopic (exact) mass is 300 g/mol. The number of benzene rings is 1. The molecule has 108 valence electrons. The topological polar surface area (TPSA) is 97.1 Å². The Hall–Kier alpha value is -1.84. The van der Waals surface area contributed by atoms with Crippen molar-refractivity contribution in [2.24, 2.45) is 7.05 Å². The number of hydrogen-bond acceptors (Lipinski definition) is 5. The van der Waals surface area contributed by atoms with E-state index in [1.54, 1.807) is 7.05 Å². The van der Waals surface area contributed by atoms with E-state index in [4.69, 9.17) is 5.11 Å². The SMILES string of the molecule is Cn1cnc(CNS(=O)(=O)c2ccc(CO)cc2F)n1. The lowest BCUT2D eigenvalue weighted by Crippen LogP contribution is -2.25. The highest BCUT2D eigenvalue weighted by atomic mass is 32.2.